The first-order valence-electron chi connectivity index (χ1n) is 9.75. The Labute approximate surface area is 161 Å². The molecular formula is C20H21N5OS. The SMILES string of the molecule is O=C(c1cc2c(s1)CCC2)N1C2CCC1CN(c1ncnc3[nH]ccc13)C2. The molecule has 2 bridgehead atoms. The highest BCUT2D eigenvalue weighted by atomic mass is 32.1. The highest BCUT2D eigenvalue weighted by molar-refractivity contribution is 7.14. The molecule has 0 radical (unpaired) electrons. The Morgan fingerprint density at radius 2 is 2.04 bits per heavy atom. The summed E-state index contributed by atoms with van der Waals surface area (Å²) >= 11 is 1.73. The van der Waals surface area contributed by atoms with Crippen molar-refractivity contribution in [3.63, 3.8) is 0 Å². The summed E-state index contributed by atoms with van der Waals surface area (Å²) in [6.07, 6.45) is 9.23. The van der Waals surface area contributed by atoms with E-state index in [-0.39, 0.29) is 18.0 Å². The number of aromatic amines is 1. The van der Waals surface area contributed by atoms with Crippen LogP contribution in [0.3, 0.4) is 0 Å². The fourth-order valence-electron chi connectivity index (χ4n) is 5.08. The summed E-state index contributed by atoms with van der Waals surface area (Å²) in [4.78, 5) is 32.2. The van der Waals surface area contributed by atoms with Crippen LogP contribution in [-0.2, 0) is 12.8 Å². The maximum absolute atomic E-state index is 13.3. The van der Waals surface area contributed by atoms with Crippen LogP contribution in [0.25, 0.3) is 11.0 Å². The molecule has 0 aromatic carbocycles. The van der Waals surface area contributed by atoms with Crippen LogP contribution >= 0.6 is 11.3 Å². The molecule has 138 valence electrons. The van der Waals surface area contributed by atoms with E-state index in [1.807, 2.05) is 12.3 Å². The molecule has 1 aliphatic carbocycles. The smallest absolute Gasteiger partial charge is 0.264 e. The summed E-state index contributed by atoms with van der Waals surface area (Å²) in [6, 6.07) is 4.75. The summed E-state index contributed by atoms with van der Waals surface area (Å²) < 4.78 is 0. The fraction of sp³-hybridized carbons (Fsp3) is 0.450. The van der Waals surface area contributed by atoms with Crippen molar-refractivity contribution in [3.05, 3.63) is 40.0 Å². The molecule has 2 fully saturated rings. The first-order chi connectivity index (χ1) is 13.3. The van der Waals surface area contributed by atoms with Crippen molar-refractivity contribution < 1.29 is 4.79 Å². The van der Waals surface area contributed by atoms with E-state index in [0.29, 0.717) is 0 Å². The molecule has 3 aromatic heterocycles. The topological polar surface area (TPSA) is 65.1 Å². The highest BCUT2D eigenvalue weighted by Gasteiger charge is 2.44. The van der Waals surface area contributed by atoms with Gasteiger partial charge in [0.05, 0.1) is 22.3 Å². The normalized spacial score (nSPS) is 24.0. The molecule has 3 aromatic rings. The van der Waals surface area contributed by atoms with Crippen molar-refractivity contribution in [2.75, 3.05) is 18.0 Å². The van der Waals surface area contributed by atoms with E-state index >= 15 is 0 Å². The molecule has 2 unspecified atom stereocenters. The highest BCUT2D eigenvalue weighted by Crippen LogP contribution is 2.37. The number of piperazine rings is 1. The number of hydrogen-bond acceptors (Lipinski definition) is 5. The van der Waals surface area contributed by atoms with E-state index in [9.17, 15) is 4.79 Å². The second-order valence-electron chi connectivity index (χ2n) is 7.85. The molecule has 7 heteroatoms. The zero-order chi connectivity index (χ0) is 18.0. The molecule has 6 nitrogen and oxygen atoms in total. The molecule has 27 heavy (non-hydrogen) atoms. The van der Waals surface area contributed by atoms with E-state index in [2.05, 4.69) is 30.8 Å². The van der Waals surface area contributed by atoms with Gasteiger partial charge in [-0.1, -0.05) is 0 Å². The summed E-state index contributed by atoms with van der Waals surface area (Å²) in [5.74, 6) is 1.23. The van der Waals surface area contributed by atoms with Gasteiger partial charge in [0, 0.05) is 24.2 Å². The third-order valence-electron chi connectivity index (χ3n) is 6.31. The van der Waals surface area contributed by atoms with Crippen LogP contribution in [0.5, 0.6) is 0 Å². The van der Waals surface area contributed by atoms with Crippen molar-refractivity contribution in [3.8, 4) is 0 Å². The molecule has 0 saturated carbocycles. The lowest BCUT2D eigenvalue weighted by Crippen LogP contribution is -2.56. The van der Waals surface area contributed by atoms with Crippen LogP contribution in [-0.4, -0.2) is 50.9 Å². The van der Waals surface area contributed by atoms with Crippen LogP contribution < -0.4 is 4.90 Å². The van der Waals surface area contributed by atoms with Gasteiger partial charge in [-0.15, -0.1) is 11.3 Å². The van der Waals surface area contributed by atoms with Gasteiger partial charge in [-0.05, 0) is 49.8 Å². The maximum Gasteiger partial charge on any atom is 0.264 e. The maximum atomic E-state index is 13.3. The molecule has 1 N–H and O–H groups in total. The van der Waals surface area contributed by atoms with E-state index in [0.717, 1.165) is 60.5 Å². The number of nitrogens with zero attached hydrogens (tertiary/aromatic N) is 4. The Morgan fingerprint density at radius 1 is 1.19 bits per heavy atom. The average Bonchev–Trinajstić information content (AvgIpc) is 3.42. The standard InChI is InChI=1S/C20H21N5OS/c26-20(17-8-12-2-1-3-16(12)27-17)25-13-4-5-14(25)10-24(9-13)19-15-6-7-21-18(15)22-11-23-19/h6-8,11,13-14H,1-5,9-10H2,(H,21,22,23). The summed E-state index contributed by atoms with van der Waals surface area (Å²) in [6.45, 7) is 1.70. The predicted octanol–water partition coefficient (Wildman–Crippen LogP) is 3.00. The van der Waals surface area contributed by atoms with Crippen molar-refractivity contribution in [1.29, 1.82) is 0 Å². The van der Waals surface area contributed by atoms with Gasteiger partial charge in [0.15, 0.2) is 0 Å². The second kappa shape index (κ2) is 5.79. The number of anilines is 1. The zero-order valence-corrected chi connectivity index (χ0v) is 15.8. The van der Waals surface area contributed by atoms with Crippen LogP contribution in [0.1, 0.15) is 39.4 Å². The lowest BCUT2D eigenvalue weighted by atomic mass is 10.1. The van der Waals surface area contributed by atoms with Crippen LogP contribution in [0.4, 0.5) is 5.82 Å². The number of rotatable bonds is 2. The number of carbonyl (C=O) groups is 1. The van der Waals surface area contributed by atoms with E-state index in [1.54, 1.807) is 17.7 Å². The fourth-order valence-corrected chi connectivity index (χ4v) is 6.28. The molecule has 5 heterocycles. The van der Waals surface area contributed by atoms with Gasteiger partial charge in [0.25, 0.3) is 5.91 Å². The van der Waals surface area contributed by atoms with Gasteiger partial charge < -0.3 is 14.8 Å². The summed E-state index contributed by atoms with van der Waals surface area (Å²) in [7, 11) is 0. The van der Waals surface area contributed by atoms with Crippen LogP contribution in [0.2, 0.25) is 0 Å². The first kappa shape index (κ1) is 15.6. The first-order valence-corrected chi connectivity index (χ1v) is 10.6. The Morgan fingerprint density at radius 3 is 2.85 bits per heavy atom. The number of fused-ring (bicyclic) bond motifs is 4. The number of hydrogen-bond donors (Lipinski definition) is 1. The molecule has 2 aliphatic heterocycles. The van der Waals surface area contributed by atoms with Crippen LogP contribution in [0.15, 0.2) is 24.7 Å². The van der Waals surface area contributed by atoms with Gasteiger partial charge >= 0.3 is 0 Å². The van der Waals surface area contributed by atoms with Crippen molar-refractivity contribution in [1.82, 2.24) is 19.9 Å². The summed E-state index contributed by atoms with van der Waals surface area (Å²) in [5, 5.41) is 1.06. The predicted molar refractivity (Wildman–Crippen MR) is 105 cm³/mol. The number of thiophene rings is 1. The van der Waals surface area contributed by atoms with Crippen molar-refractivity contribution in [2.24, 2.45) is 0 Å². The van der Waals surface area contributed by atoms with Crippen molar-refractivity contribution in [2.45, 2.75) is 44.2 Å². The second-order valence-corrected chi connectivity index (χ2v) is 8.99. The molecular weight excluding hydrogens is 358 g/mol. The van der Waals surface area contributed by atoms with Crippen LogP contribution in [0, 0.1) is 0 Å². The minimum atomic E-state index is 0.246. The quantitative estimate of drug-likeness (QED) is 0.743. The zero-order valence-electron chi connectivity index (χ0n) is 15.0. The Balaban J connectivity index is 1.28. The Hall–Kier alpha value is -2.41. The lowest BCUT2D eigenvalue weighted by molar-refractivity contribution is 0.0646. The largest absolute Gasteiger partial charge is 0.352 e. The minimum absolute atomic E-state index is 0.246. The van der Waals surface area contributed by atoms with E-state index in [1.165, 1.54) is 16.9 Å². The number of H-pyrrole nitrogens is 1. The van der Waals surface area contributed by atoms with Crippen molar-refractivity contribution >= 4 is 34.1 Å². The Kier molecular flexibility index (Phi) is 3.35. The molecule has 2 atom stereocenters. The third-order valence-corrected chi connectivity index (χ3v) is 7.53. The lowest BCUT2D eigenvalue weighted by Gasteiger charge is -2.41. The molecule has 1 amide bonds. The molecule has 6 rings (SSSR count). The number of nitrogens with one attached hydrogen (secondary N) is 1. The average molecular weight is 379 g/mol. The number of aromatic nitrogens is 3. The van der Waals surface area contributed by atoms with Gasteiger partial charge in [-0.3, -0.25) is 4.79 Å². The molecule has 3 aliphatic rings. The Bertz CT molecular complexity index is 1000. The monoisotopic (exact) mass is 379 g/mol. The number of aryl methyl sites for hydroxylation is 2. The number of amides is 1. The van der Waals surface area contributed by atoms with Gasteiger partial charge in [-0.25, -0.2) is 9.97 Å². The third kappa shape index (κ3) is 2.34. The molecule has 0 spiro atoms. The molecule has 2 saturated heterocycles. The van der Waals surface area contributed by atoms with E-state index in [4.69, 9.17) is 0 Å². The summed E-state index contributed by atoms with van der Waals surface area (Å²) in [5.41, 5.74) is 2.28. The number of carbonyl (C=O) groups excluding carboxylic acids is 1. The van der Waals surface area contributed by atoms with Gasteiger partial charge in [-0.2, -0.15) is 0 Å². The minimum Gasteiger partial charge on any atom is -0.352 e. The van der Waals surface area contributed by atoms with Gasteiger partial charge in [0.1, 0.15) is 17.8 Å². The van der Waals surface area contributed by atoms with E-state index < -0.39 is 0 Å². The van der Waals surface area contributed by atoms with Gasteiger partial charge in [0.2, 0.25) is 0 Å².